The molecule has 0 aliphatic carbocycles. The van der Waals surface area contributed by atoms with Gasteiger partial charge >= 0.3 is 0 Å². The number of hydrazine groups is 1. The van der Waals surface area contributed by atoms with Gasteiger partial charge in [0, 0.05) is 18.8 Å². The van der Waals surface area contributed by atoms with Crippen molar-refractivity contribution in [2.45, 2.75) is 38.7 Å². The number of allylic oxidation sites excluding steroid dienone is 1. The van der Waals surface area contributed by atoms with Crippen LogP contribution in [0.5, 0.6) is 0 Å². The van der Waals surface area contributed by atoms with E-state index in [-0.39, 0.29) is 31.1 Å². The van der Waals surface area contributed by atoms with Crippen molar-refractivity contribution in [2.24, 2.45) is 17.6 Å². The maximum Gasteiger partial charge on any atom is 0.291 e. The molecular formula is C21H27ClFN3O4. The minimum Gasteiger partial charge on any atom is -0.370 e. The van der Waals surface area contributed by atoms with Crippen LogP contribution in [0, 0.1) is 11.8 Å². The third kappa shape index (κ3) is 9.65. The van der Waals surface area contributed by atoms with Crippen LogP contribution in [0.4, 0.5) is 4.39 Å². The average Bonchev–Trinajstić information content (AvgIpc) is 2.68. The van der Waals surface area contributed by atoms with Gasteiger partial charge < -0.3 is 5.73 Å². The second-order valence-corrected chi connectivity index (χ2v) is 7.61. The fraction of sp³-hybridized carbons (Fsp3) is 0.429. The number of amides is 3. The number of halogens is 2. The largest absolute Gasteiger partial charge is 0.370 e. The van der Waals surface area contributed by atoms with Gasteiger partial charge in [0.25, 0.3) is 11.5 Å². The van der Waals surface area contributed by atoms with Crippen molar-refractivity contribution in [2.75, 3.05) is 6.54 Å². The van der Waals surface area contributed by atoms with Crippen LogP contribution in [0.2, 0.25) is 0 Å². The summed E-state index contributed by atoms with van der Waals surface area (Å²) in [5.41, 5.74) is 5.78. The summed E-state index contributed by atoms with van der Waals surface area (Å²) in [6, 6.07) is 9.21. The van der Waals surface area contributed by atoms with E-state index in [2.05, 4.69) is 5.43 Å². The molecule has 0 aliphatic heterocycles. The zero-order chi connectivity index (χ0) is 22.7. The van der Waals surface area contributed by atoms with Crippen molar-refractivity contribution in [3.05, 3.63) is 42.0 Å². The molecule has 9 heteroatoms. The molecule has 7 nitrogen and oxygen atoms in total. The quantitative estimate of drug-likeness (QED) is 0.313. The van der Waals surface area contributed by atoms with Crippen LogP contribution in [0.25, 0.3) is 6.08 Å². The molecule has 0 radical (unpaired) electrons. The molecule has 1 rings (SSSR count). The summed E-state index contributed by atoms with van der Waals surface area (Å²) in [5, 5.41) is 0.627. The number of nitrogens with zero attached hydrogens (tertiary/aromatic N) is 1. The van der Waals surface area contributed by atoms with Crippen molar-refractivity contribution in [3.63, 3.8) is 0 Å². The maximum atomic E-state index is 13.2. The number of rotatable bonds is 11. The number of carbonyl (C=O) groups is 4. The number of carbonyl (C=O) groups excluding carboxylic acids is 4. The third-order valence-corrected chi connectivity index (χ3v) is 4.30. The van der Waals surface area contributed by atoms with E-state index in [1.807, 2.05) is 44.2 Å². The van der Waals surface area contributed by atoms with E-state index in [0.717, 1.165) is 5.56 Å². The van der Waals surface area contributed by atoms with Gasteiger partial charge in [-0.15, -0.1) is 0 Å². The predicted molar refractivity (Wildman–Crippen MR) is 112 cm³/mol. The summed E-state index contributed by atoms with van der Waals surface area (Å²) in [6.07, 6.45) is 3.03. The number of ketones is 1. The highest BCUT2D eigenvalue weighted by Gasteiger charge is 2.28. The van der Waals surface area contributed by atoms with Crippen molar-refractivity contribution < 1.29 is 23.6 Å². The van der Waals surface area contributed by atoms with Crippen molar-refractivity contribution in [1.82, 2.24) is 10.4 Å². The van der Waals surface area contributed by atoms with Crippen LogP contribution in [0.1, 0.15) is 38.7 Å². The van der Waals surface area contributed by atoms with Gasteiger partial charge in [-0.2, -0.15) is 0 Å². The number of nitrogens with one attached hydrogen (secondary N) is 1. The molecule has 0 unspecified atom stereocenters. The van der Waals surface area contributed by atoms with Gasteiger partial charge in [-0.25, -0.2) is 9.40 Å². The van der Waals surface area contributed by atoms with Crippen LogP contribution in [-0.2, 0) is 19.2 Å². The van der Waals surface area contributed by atoms with Crippen LogP contribution in [-0.4, -0.2) is 40.7 Å². The molecule has 3 N–H and O–H groups in total. The molecule has 30 heavy (non-hydrogen) atoms. The third-order valence-electron chi connectivity index (χ3n) is 4.12. The van der Waals surface area contributed by atoms with Crippen molar-refractivity contribution in [3.8, 4) is 0 Å². The van der Waals surface area contributed by atoms with Crippen LogP contribution in [0.3, 0.4) is 0 Å². The summed E-state index contributed by atoms with van der Waals surface area (Å²) in [5.74, 6) is -3.52. The van der Waals surface area contributed by atoms with Gasteiger partial charge in [0.05, 0.1) is 6.54 Å². The Morgan fingerprint density at radius 3 is 2.37 bits per heavy atom. The lowest BCUT2D eigenvalue weighted by atomic mass is 9.91. The van der Waals surface area contributed by atoms with Crippen LogP contribution < -0.4 is 11.2 Å². The Kier molecular flexibility index (Phi) is 10.7. The Morgan fingerprint density at radius 2 is 1.83 bits per heavy atom. The fourth-order valence-corrected chi connectivity index (χ4v) is 2.82. The zero-order valence-electron chi connectivity index (χ0n) is 17.0. The summed E-state index contributed by atoms with van der Waals surface area (Å²) in [6.45, 7) is 3.44. The molecule has 1 aromatic rings. The highest BCUT2D eigenvalue weighted by atomic mass is 35.5. The first-order chi connectivity index (χ1) is 14.1. The first kappa shape index (κ1) is 25.3. The highest BCUT2D eigenvalue weighted by molar-refractivity contribution is 6.29. The molecule has 164 valence electrons. The average molecular weight is 440 g/mol. The number of hydrogen-bond donors (Lipinski definition) is 2. The van der Waals surface area contributed by atoms with Gasteiger partial charge in [0.15, 0.2) is 5.78 Å². The Bertz CT molecular complexity index is 769. The monoisotopic (exact) mass is 439 g/mol. The number of nitrogens with two attached hydrogens (primary N) is 1. The predicted octanol–water partition coefficient (Wildman–Crippen LogP) is 2.59. The van der Waals surface area contributed by atoms with E-state index in [1.165, 1.54) is 6.08 Å². The number of benzene rings is 1. The summed E-state index contributed by atoms with van der Waals surface area (Å²) >= 11 is 5.18. The molecule has 0 saturated carbocycles. The van der Waals surface area contributed by atoms with E-state index in [4.69, 9.17) is 17.3 Å². The van der Waals surface area contributed by atoms with Gasteiger partial charge in [-0.05, 0) is 24.0 Å². The van der Waals surface area contributed by atoms with E-state index in [1.54, 1.807) is 6.08 Å². The normalized spacial score (nSPS) is 13.1. The molecule has 3 amide bonds. The van der Waals surface area contributed by atoms with Crippen molar-refractivity contribution in [1.29, 1.82) is 0 Å². The SMILES string of the molecule is CC(C)C[C@H](CC(=O)/C=C/c1ccccc1)C(=O)NN(CCC(N)=O)C(=O)[C@@H](F)Cl. The second kappa shape index (κ2) is 12.7. The molecule has 0 bridgehead atoms. The van der Waals surface area contributed by atoms with E-state index in [0.29, 0.717) is 11.4 Å². The number of hydrogen-bond acceptors (Lipinski definition) is 4. The van der Waals surface area contributed by atoms with Gasteiger partial charge in [0.2, 0.25) is 11.8 Å². The van der Waals surface area contributed by atoms with Gasteiger partial charge in [0.1, 0.15) is 0 Å². The smallest absolute Gasteiger partial charge is 0.291 e. The lowest BCUT2D eigenvalue weighted by molar-refractivity contribution is -0.146. The summed E-state index contributed by atoms with van der Waals surface area (Å²) in [4.78, 5) is 48.0. The minimum atomic E-state index is -2.39. The van der Waals surface area contributed by atoms with E-state index >= 15 is 0 Å². The first-order valence-corrected chi connectivity index (χ1v) is 9.98. The topological polar surface area (TPSA) is 110 Å². The van der Waals surface area contributed by atoms with Crippen LogP contribution >= 0.6 is 11.6 Å². The Morgan fingerprint density at radius 1 is 1.20 bits per heavy atom. The molecule has 0 aliphatic rings. The maximum absolute atomic E-state index is 13.2. The van der Waals surface area contributed by atoms with Gasteiger partial charge in [-0.1, -0.05) is 61.9 Å². The molecule has 0 aromatic heterocycles. The Hall–Kier alpha value is -2.74. The summed E-state index contributed by atoms with van der Waals surface area (Å²) < 4.78 is 13.2. The standard InChI is InChI=1S/C21H27ClFN3O4/c1-14(2)12-16(13-17(27)9-8-15-6-4-3-5-7-15)20(29)25-26(11-10-18(24)28)21(30)19(22)23/h3-9,14,16,19H,10-13H2,1-2H3,(H2,24,28)(H,25,29)/b9-8+/t16-,19-/m1/s1. The van der Waals surface area contributed by atoms with Crippen molar-refractivity contribution >= 4 is 41.2 Å². The van der Waals surface area contributed by atoms with E-state index in [9.17, 15) is 23.6 Å². The highest BCUT2D eigenvalue weighted by Crippen LogP contribution is 2.18. The fourth-order valence-electron chi connectivity index (χ4n) is 2.70. The zero-order valence-corrected chi connectivity index (χ0v) is 17.8. The van der Waals surface area contributed by atoms with E-state index < -0.39 is 29.3 Å². The summed E-state index contributed by atoms with van der Waals surface area (Å²) in [7, 11) is 0. The second-order valence-electron chi connectivity index (χ2n) is 7.22. The minimum absolute atomic E-state index is 0.0865. The molecule has 0 spiro atoms. The molecule has 0 fully saturated rings. The molecule has 0 heterocycles. The number of alkyl halides is 2. The molecule has 1 aromatic carbocycles. The lowest BCUT2D eigenvalue weighted by Crippen LogP contribution is -2.51. The van der Waals surface area contributed by atoms with Crippen LogP contribution in [0.15, 0.2) is 36.4 Å². The Balaban J connectivity index is 2.86. The first-order valence-electron chi connectivity index (χ1n) is 9.54. The molecular weight excluding hydrogens is 413 g/mol. The number of primary amides is 1. The Labute approximate surface area is 180 Å². The molecule has 0 saturated heterocycles. The molecule has 2 atom stereocenters. The lowest BCUT2D eigenvalue weighted by Gasteiger charge is -2.26. The van der Waals surface area contributed by atoms with Gasteiger partial charge in [-0.3, -0.25) is 24.6 Å².